The van der Waals surface area contributed by atoms with E-state index in [2.05, 4.69) is 21.2 Å². The zero-order chi connectivity index (χ0) is 15.2. The van der Waals surface area contributed by atoms with Crippen LogP contribution in [0.1, 0.15) is 18.5 Å². The van der Waals surface area contributed by atoms with Gasteiger partial charge in [-0.05, 0) is 37.3 Å². The van der Waals surface area contributed by atoms with Gasteiger partial charge >= 0.3 is 5.97 Å². The number of anilines is 1. The number of hydrogen-bond donors (Lipinski definition) is 2. The van der Waals surface area contributed by atoms with Crippen LogP contribution in [-0.4, -0.2) is 17.7 Å². The van der Waals surface area contributed by atoms with Crippen LogP contribution in [0.3, 0.4) is 0 Å². The van der Waals surface area contributed by atoms with E-state index in [0.29, 0.717) is 17.9 Å². The number of halogens is 1. The molecule has 110 valence electrons. The Morgan fingerprint density at radius 3 is 2.52 bits per heavy atom. The quantitative estimate of drug-likeness (QED) is 0.824. The molecule has 2 N–H and O–H groups in total. The monoisotopic (exact) mass is 349 g/mol. The maximum atomic E-state index is 11.6. The second-order valence-electron chi connectivity index (χ2n) is 4.39. The Balaban J connectivity index is 2.31. The largest absolute Gasteiger partial charge is 0.493 e. The van der Waals surface area contributed by atoms with Crippen molar-refractivity contribution in [1.82, 2.24) is 0 Å². The van der Waals surface area contributed by atoms with E-state index >= 15 is 0 Å². The summed E-state index contributed by atoms with van der Waals surface area (Å²) >= 11 is 3.35. The first kappa shape index (κ1) is 15.4. The molecule has 0 aliphatic carbocycles. The second kappa shape index (κ2) is 7.13. The van der Waals surface area contributed by atoms with Gasteiger partial charge in [-0.2, -0.15) is 0 Å². The highest BCUT2D eigenvalue weighted by molar-refractivity contribution is 9.10. The number of hydrogen-bond acceptors (Lipinski definition) is 3. The molecule has 5 heteroatoms. The molecule has 0 bridgehead atoms. The summed E-state index contributed by atoms with van der Waals surface area (Å²) in [6, 6.07) is 13.7. The SMILES string of the molecule is CCOc1ccccc1C(Nc1ccc(Br)cc1)C(=O)O. The van der Waals surface area contributed by atoms with E-state index in [0.717, 1.165) is 10.2 Å². The fourth-order valence-electron chi connectivity index (χ4n) is 1.99. The number of ether oxygens (including phenoxy) is 1. The Hall–Kier alpha value is -2.01. The van der Waals surface area contributed by atoms with Gasteiger partial charge in [0.05, 0.1) is 6.61 Å². The van der Waals surface area contributed by atoms with E-state index in [-0.39, 0.29) is 0 Å². The number of nitrogens with one attached hydrogen (secondary N) is 1. The van der Waals surface area contributed by atoms with Crippen molar-refractivity contribution in [3.05, 3.63) is 58.6 Å². The fourth-order valence-corrected chi connectivity index (χ4v) is 2.26. The number of aliphatic carboxylic acids is 1. The lowest BCUT2D eigenvalue weighted by atomic mass is 10.1. The molecule has 0 saturated heterocycles. The third-order valence-electron chi connectivity index (χ3n) is 2.93. The molecule has 0 amide bonds. The van der Waals surface area contributed by atoms with Crippen LogP contribution >= 0.6 is 15.9 Å². The minimum atomic E-state index is -0.954. The molecule has 0 heterocycles. The van der Waals surface area contributed by atoms with Gasteiger partial charge in [0.15, 0.2) is 6.04 Å². The molecular weight excluding hydrogens is 334 g/mol. The first-order valence-electron chi connectivity index (χ1n) is 6.58. The van der Waals surface area contributed by atoms with Crippen molar-refractivity contribution in [2.45, 2.75) is 13.0 Å². The Morgan fingerprint density at radius 1 is 1.24 bits per heavy atom. The Bertz CT molecular complexity index is 613. The summed E-state index contributed by atoms with van der Waals surface area (Å²) in [5, 5.41) is 12.5. The first-order valence-corrected chi connectivity index (χ1v) is 7.37. The van der Waals surface area contributed by atoms with Gasteiger partial charge < -0.3 is 15.2 Å². The third kappa shape index (κ3) is 3.98. The second-order valence-corrected chi connectivity index (χ2v) is 5.31. The van der Waals surface area contributed by atoms with E-state index < -0.39 is 12.0 Å². The van der Waals surface area contributed by atoms with E-state index in [9.17, 15) is 9.90 Å². The molecule has 0 saturated carbocycles. The summed E-state index contributed by atoms with van der Waals surface area (Å²) in [4.78, 5) is 11.6. The van der Waals surface area contributed by atoms with E-state index in [4.69, 9.17) is 4.74 Å². The molecule has 0 aromatic heterocycles. The zero-order valence-electron chi connectivity index (χ0n) is 11.5. The van der Waals surface area contributed by atoms with Crippen LogP contribution in [0.4, 0.5) is 5.69 Å². The van der Waals surface area contributed by atoms with Gasteiger partial charge in [0.25, 0.3) is 0 Å². The fraction of sp³-hybridized carbons (Fsp3) is 0.188. The van der Waals surface area contributed by atoms with Gasteiger partial charge in [0.1, 0.15) is 5.75 Å². The molecule has 4 nitrogen and oxygen atoms in total. The molecule has 1 unspecified atom stereocenters. The maximum absolute atomic E-state index is 11.6. The number of carboxylic acids is 1. The van der Waals surface area contributed by atoms with Gasteiger partial charge in [-0.25, -0.2) is 4.79 Å². The normalized spacial score (nSPS) is 11.7. The van der Waals surface area contributed by atoms with Gasteiger partial charge in [-0.1, -0.05) is 34.1 Å². The van der Waals surface area contributed by atoms with E-state index in [1.54, 1.807) is 18.2 Å². The van der Waals surface area contributed by atoms with Crippen LogP contribution in [0.2, 0.25) is 0 Å². The standard InChI is InChI=1S/C16H16BrNO3/c1-2-21-14-6-4-3-5-13(14)15(16(19)20)18-12-9-7-11(17)8-10-12/h3-10,15,18H,2H2,1H3,(H,19,20). The van der Waals surface area contributed by atoms with Gasteiger partial charge in [-0.15, -0.1) is 0 Å². The lowest BCUT2D eigenvalue weighted by Gasteiger charge is -2.19. The summed E-state index contributed by atoms with van der Waals surface area (Å²) in [5.74, 6) is -0.373. The minimum Gasteiger partial charge on any atom is -0.493 e. The summed E-state index contributed by atoms with van der Waals surface area (Å²) in [5.41, 5.74) is 1.34. The number of rotatable bonds is 6. The van der Waals surface area contributed by atoms with Crippen LogP contribution in [0.15, 0.2) is 53.0 Å². The Kier molecular flexibility index (Phi) is 5.22. The summed E-state index contributed by atoms with van der Waals surface area (Å²) in [6.45, 7) is 2.36. The zero-order valence-corrected chi connectivity index (χ0v) is 13.1. The maximum Gasteiger partial charge on any atom is 0.330 e. The third-order valence-corrected chi connectivity index (χ3v) is 3.46. The molecule has 2 aromatic rings. The Morgan fingerprint density at radius 2 is 1.90 bits per heavy atom. The highest BCUT2D eigenvalue weighted by Gasteiger charge is 2.23. The van der Waals surface area contributed by atoms with E-state index in [1.807, 2.05) is 37.3 Å². The van der Waals surface area contributed by atoms with Crippen LogP contribution < -0.4 is 10.1 Å². The van der Waals surface area contributed by atoms with Crippen molar-refractivity contribution in [1.29, 1.82) is 0 Å². The van der Waals surface area contributed by atoms with Crippen LogP contribution in [0, 0.1) is 0 Å². The van der Waals surface area contributed by atoms with Gasteiger partial charge in [0, 0.05) is 15.7 Å². The number of para-hydroxylation sites is 1. The summed E-state index contributed by atoms with van der Waals surface area (Å²) in [7, 11) is 0. The van der Waals surface area contributed by atoms with Crippen molar-refractivity contribution in [3.63, 3.8) is 0 Å². The molecule has 0 spiro atoms. The summed E-state index contributed by atoms with van der Waals surface area (Å²) < 4.78 is 6.45. The molecule has 1 atom stereocenters. The molecule has 0 fully saturated rings. The van der Waals surface area contributed by atoms with Crippen molar-refractivity contribution in [2.75, 3.05) is 11.9 Å². The smallest absolute Gasteiger partial charge is 0.330 e. The highest BCUT2D eigenvalue weighted by Crippen LogP contribution is 2.28. The van der Waals surface area contributed by atoms with Crippen LogP contribution in [-0.2, 0) is 4.79 Å². The molecule has 2 aromatic carbocycles. The lowest BCUT2D eigenvalue weighted by molar-refractivity contribution is -0.138. The molecule has 21 heavy (non-hydrogen) atoms. The minimum absolute atomic E-state index is 0.488. The van der Waals surface area contributed by atoms with Crippen molar-refractivity contribution in [3.8, 4) is 5.75 Å². The van der Waals surface area contributed by atoms with Crippen LogP contribution in [0.5, 0.6) is 5.75 Å². The lowest BCUT2D eigenvalue weighted by Crippen LogP contribution is -2.21. The van der Waals surface area contributed by atoms with Crippen molar-refractivity contribution < 1.29 is 14.6 Å². The summed E-state index contributed by atoms with van der Waals surface area (Å²) in [6.07, 6.45) is 0. The van der Waals surface area contributed by atoms with Gasteiger partial charge in [0.2, 0.25) is 0 Å². The number of carboxylic acid groups (broad SMARTS) is 1. The molecular formula is C16H16BrNO3. The Labute approximate surface area is 131 Å². The van der Waals surface area contributed by atoms with Crippen molar-refractivity contribution in [2.24, 2.45) is 0 Å². The average Bonchev–Trinajstić information content (AvgIpc) is 2.47. The highest BCUT2D eigenvalue weighted by atomic mass is 79.9. The predicted molar refractivity (Wildman–Crippen MR) is 85.8 cm³/mol. The average molecular weight is 350 g/mol. The van der Waals surface area contributed by atoms with Crippen LogP contribution in [0.25, 0.3) is 0 Å². The van der Waals surface area contributed by atoms with Crippen molar-refractivity contribution >= 4 is 27.6 Å². The van der Waals surface area contributed by atoms with Gasteiger partial charge in [-0.3, -0.25) is 0 Å². The number of carbonyl (C=O) groups is 1. The predicted octanol–water partition coefficient (Wildman–Crippen LogP) is 4.09. The molecule has 2 rings (SSSR count). The topological polar surface area (TPSA) is 58.6 Å². The first-order chi connectivity index (χ1) is 10.1. The number of benzene rings is 2. The molecule has 0 radical (unpaired) electrons. The molecule has 0 aliphatic rings. The molecule has 0 aliphatic heterocycles. The van der Waals surface area contributed by atoms with E-state index in [1.165, 1.54) is 0 Å².